The summed E-state index contributed by atoms with van der Waals surface area (Å²) >= 11 is 3.95. The highest BCUT2D eigenvalue weighted by Crippen LogP contribution is 2.07. The Hall–Kier alpha value is -2.01. The van der Waals surface area contributed by atoms with Crippen LogP contribution in [-0.4, -0.2) is 59.3 Å². The molecule has 0 aromatic heterocycles. The molecule has 0 saturated heterocycles. The van der Waals surface area contributed by atoms with Gasteiger partial charge in [0.1, 0.15) is 12.1 Å². The molecule has 0 rings (SSSR count). The van der Waals surface area contributed by atoms with Crippen LogP contribution in [0.5, 0.6) is 0 Å². The molecule has 0 saturated carbocycles. The highest BCUT2D eigenvalue weighted by molar-refractivity contribution is 7.80. The molecule has 3 unspecified atom stereocenters. The van der Waals surface area contributed by atoms with Gasteiger partial charge in [-0.25, -0.2) is 4.79 Å². The van der Waals surface area contributed by atoms with Gasteiger partial charge in [0.15, 0.2) is 5.96 Å². The number of carboxylic acid groups (broad SMARTS) is 1. The molecule has 0 aliphatic heterocycles. The van der Waals surface area contributed by atoms with Crippen LogP contribution < -0.4 is 27.8 Å². The van der Waals surface area contributed by atoms with E-state index >= 15 is 0 Å². The summed E-state index contributed by atoms with van der Waals surface area (Å²) in [7, 11) is 0. The summed E-state index contributed by atoms with van der Waals surface area (Å²) in [6.07, 6.45) is 0.869. The number of amides is 2. The van der Waals surface area contributed by atoms with Crippen molar-refractivity contribution in [3.8, 4) is 0 Å². The van der Waals surface area contributed by atoms with Gasteiger partial charge >= 0.3 is 5.97 Å². The molecule has 0 aromatic rings. The summed E-state index contributed by atoms with van der Waals surface area (Å²) in [6, 6.07) is -2.84. The van der Waals surface area contributed by atoms with E-state index in [-0.39, 0.29) is 30.6 Å². The maximum Gasteiger partial charge on any atom is 0.326 e. The van der Waals surface area contributed by atoms with E-state index in [0.717, 1.165) is 0 Å². The van der Waals surface area contributed by atoms with E-state index in [0.29, 0.717) is 12.8 Å². The second-order valence-corrected chi connectivity index (χ2v) is 6.69. The lowest BCUT2D eigenvalue weighted by Crippen LogP contribution is -2.55. The summed E-state index contributed by atoms with van der Waals surface area (Å²) in [6.45, 7) is 4.02. The van der Waals surface area contributed by atoms with Gasteiger partial charge in [-0.3, -0.25) is 14.6 Å². The van der Waals surface area contributed by atoms with Gasteiger partial charge in [-0.2, -0.15) is 12.6 Å². The van der Waals surface area contributed by atoms with Gasteiger partial charge in [-0.1, -0.05) is 13.8 Å². The SMILES string of the molecule is CC(C)CC(NC(=O)C(N)CS)C(=O)NC(CCCN=C(N)N)C(=O)O. The Kier molecular flexibility index (Phi) is 11.4. The highest BCUT2D eigenvalue weighted by atomic mass is 32.1. The molecule has 0 spiro atoms. The van der Waals surface area contributed by atoms with Crippen molar-refractivity contribution in [2.45, 2.75) is 51.2 Å². The number of hydrogen-bond acceptors (Lipinski definition) is 6. The Bertz CT molecular complexity index is 510. The Morgan fingerprint density at radius 2 is 1.69 bits per heavy atom. The van der Waals surface area contributed by atoms with Gasteiger partial charge in [0, 0.05) is 12.3 Å². The molecule has 0 fully saturated rings. The number of nitrogens with two attached hydrogens (primary N) is 3. The first kappa shape index (κ1) is 24.0. The molecule has 2 amide bonds. The molecule has 150 valence electrons. The van der Waals surface area contributed by atoms with E-state index in [2.05, 4.69) is 28.3 Å². The normalized spacial score (nSPS) is 14.2. The van der Waals surface area contributed by atoms with E-state index < -0.39 is 35.9 Å². The zero-order valence-electron chi connectivity index (χ0n) is 15.1. The molecule has 0 aliphatic rings. The van der Waals surface area contributed by atoms with E-state index in [1.54, 1.807) is 0 Å². The Morgan fingerprint density at radius 3 is 2.15 bits per heavy atom. The molecule has 0 bridgehead atoms. The van der Waals surface area contributed by atoms with E-state index in [1.165, 1.54) is 0 Å². The number of aliphatic carboxylic acids is 1. The molecule has 26 heavy (non-hydrogen) atoms. The van der Waals surface area contributed by atoms with Crippen molar-refractivity contribution >= 4 is 36.4 Å². The lowest BCUT2D eigenvalue weighted by Gasteiger charge is -2.23. The van der Waals surface area contributed by atoms with Crippen LogP contribution in [0.3, 0.4) is 0 Å². The van der Waals surface area contributed by atoms with E-state index in [1.807, 2.05) is 13.8 Å². The Labute approximate surface area is 158 Å². The fraction of sp³-hybridized carbons (Fsp3) is 0.733. The fourth-order valence-electron chi connectivity index (χ4n) is 2.10. The van der Waals surface area contributed by atoms with E-state index in [9.17, 15) is 19.5 Å². The number of carbonyl (C=O) groups excluding carboxylic acids is 2. The van der Waals surface area contributed by atoms with Crippen LogP contribution in [0.1, 0.15) is 33.1 Å². The van der Waals surface area contributed by atoms with Crippen molar-refractivity contribution < 1.29 is 19.5 Å². The minimum absolute atomic E-state index is 0.0823. The van der Waals surface area contributed by atoms with Crippen LogP contribution in [0.25, 0.3) is 0 Å². The number of thiol groups is 1. The van der Waals surface area contributed by atoms with Gasteiger partial charge < -0.3 is 32.9 Å². The predicted molar refractivity (Wildman–Crippen MR) is 103 cm³/mol. The van der Waals surface area contributed by atoms with E-state index in [4.69, 9.17) is 17.2 Å². The summed E-state index contributed by atoms with van der Waals surface area (Å²) in [5, 5.41) is 14.3. The van der Waals surface area contributed by atoms with Gasteiger partial charge in [-0.05, 0) is 25.2 Å². The van der Waals surface area contributed by atoms with Crippen LogP contribution in [-0.2, 0) is 14.4 Å². The largest absolute Gasteiger partial charge is 0.480 e. The Balaban J connectivity index is 4.90. The maximum absolute atomic E-state index is 12.5. The van der Waals surface area contributed by atoms with Gasteiger partial charge in [-0.15, -0.1) is 0 Å². The first-order valence-electron chi connectivity index (χ1n) is 8.33. The number of carbonyl (C=O) groups is 3. The molecular weight excluding hydrogens is 360 g/mol. The number of aliphatic imine (C=N–C) groups is 1. The minimum Gasteiger partial charge on any atom is -0.480 e. The second kappa shape index (κ2) is 12.4. The molecular formula is C15H30N6O4S. The minimum atomic E-state index is -1.18. The maximum atomic E-state index is 12.5. The molecule has 0 aromatic carbocycles. The van der Waals surface area contributed by atoms with Gasteiger partial charge in [0.05, 0.1) is 6.04 Å². The zero-order chi connectivity index (χ0) is 20.3. The molecule has 0 radical (unpaired) electrons. The summed E-state index contributed by atoms with van der Waals surface area (Å²) < 4.78 is 0. The first-order valence-corrected chi connectivity index (χ1v) is 8.97. The average molecular weight is 391 g/mol. The molecule has 0 heterocycles. The number of guanidine groups is 1. The summed E-state index contributed by atoms with van der Waals surface area (Å²) in [5.41, 5.74) is 16.0. The third-order valence-corrected chi connectivity index (χ3v) is 3.83. The first-order chi connectivity index (χ1) is 12.1. The summed E-state index contributed by atoms with van der Waals surface area (Å²) in [4.78, 5) is 39.5. The number of carboxylic acids is 1. The van der Waals surface area contributed by atoms with Crippen LogP contribution in [0.2, 0.25) is 0 Å². The second-order valence-electron chi connectivity index (χ2n) is 6.33. The Morgan fingerprint density at radius 1 is 1.12 bits per heavy atom. The molecule has 3 atom stereocenters. The van der Waals surface area contributed by atoms with Crippen molar-refractivity contribution in [3.63, 3.8) is 0 Å². The molecule has 11 heteroatoms. The van der Waals surface area contributed by atoms with Gasteiger partial charge in [0.2, 0.25) is 11.8 Å². The lowest BCUT2D eigenvalue weighted by molar-refractivity contribution is -0.142. The molecule has 0 aliphatic carbocycles. The average Bonchev–Trinajstić information content (AvgIpc) is 2.54. The molecule has 9 N–H and O–H groups in total. The number of nitrogens with one attached hydrogen (secondary N) is 2. The van der Waals surface area contributed by atoms with Crippen molar-refractivity contribution in [1.29, 1.82) is 0 Å². The third kappa shape index (κ3) is 10.1. The van der Waals surface area contributed by atoms with Crippen LogP contribution in [0.4, 0.5) is 0 Å². The van der Waals surface area contributed by atoms with Crippen LogP contribution in [0, 0.1) is 5.92 Å². The fourth-order valence-corrected chi connectivity index (χ4v) is 2.26. The van der Waals surface area contributed by atoms with Crippen molar-refractivity contribution in [1.82, 2.24) is 10.6 Å². The smallest absolute Gasteiger partial charge is 0.326 e. The quantitative estimate of drug-likeness (QED) is 0.0904. The number of rotatable bonds is 12. The molecule has 10 nitrogen and oxygen atoms in total. The monoisotopic (exact) mass is 390 g/mol. The topological polar surface area (TPSA) is 186 Å². The van der Waals surface area contributed by atoms with Crippen molar-refractivity contribution in [2.24, 2.45) is 28.1 Å². The third-order valence-electron chi connectivity index (χ3n) is 3.43. The van der Waals surface area contributed by atoms with Crippen molar-refractivity contribution in [2.75, 3.05) is 12.3 Å². The van der Waals surface area contributed by atoms with Crippen molar-refractivity contribution in [3.05, 3.63) is 0 Å². The van der Waals surface area contributed by atoms with Gasteiger partial charge in [0.25, 0.3) is 0 Å². The number of hydrogen-bond donors (Lipinski definition) is 7. The van der Waals surface area contributed by atoms with Crippen LogP contribution in [0.15, 0.2) is 4.99 Å². The summed E-state index contributed by atoms with van der Waals surface area (Å²) in [5.74, 6) is -2.12. The lowest BCUT2D eigenvalue weighted by atomic mass is 10.0. The highest BCUT2D eigenvalue weighted by Gasteiger charge is 2.28. The standard InChI is InChI=1S/C15H30N6O4S/c1-8(2)6-11(21-12(22)9(16)7-26)13(23)20-10(14(24)25)4-3-5-19-15(17)18/h8-11,26H,3-7,16H2,1-2H3,(H,20,23)(H,21,22)(H,24,25)(H4,17,18,19). The zero-order valence-corrected chi connectivity index (χ0v) is 16.0. The number of nitrogens with zero attached hydrogens (tertiary/aromatic N) is 1. The predicted octanol–water partition coefficient (Wildman–Crippen LogP) is -1.60. The van der Waals surface area contributed by atoms with Crippen LogP contribution >= 0.6 is 12.6 Å².